The Labute approximate surface area is 187 Å². The average molecular weight is 450 g/mol. The molecule has 170 valence electrons. The summed E-state index contributed by atoms with van der Waals surface area (Å²) in [5.41, 5.74) is -2.79. The van der Waals surface area contributed by atoms with E-state index in [1.807, 2.05) is 0 Å². The molecule has 2 aromatic carbocycles. The van der Waals surface area contributed by atoms with Crippen LogP contribution in [0.1, 0.15) is 31.9 Å². The summed E-state index contributed by atoms with van der Waals surface area (Å²) in [7, 11) is 0. The summed E-state index contributed by atoms with van der Waals surface area (Å²) in [6.45, 7) is 3.03. The molecule has 1 fully saturated rings. The lowest BCUT2D eigenvalue weighted by atomic mass is 9.85. The number of fused-ring (bicyclic) bond motifs is 4. The van der Waals surface area contributed by atoms with Crippen molar-refractivity contribution in [3.05, 3.63) is 70.8 Å². The van der Waals surface area contributed by atoms with E-state index in [-0.39, 0.29) is 5.39 Å². The van der Waals surface area contributed by atoms with Gasteiger partial charge in [-0.15, -0.1) is 0 Å². The van der Waals surface area contributed by atoms with E-state index in [1.165, 1.54) is 18.7 Å². The Bertz CT molecular complexity index is 1370. The van der Waals surface area contributed by atoms with Crippen LogP contribution in [0.4, 0.5) is 5.69 Å². The zero-order valence-electron chi connectivity index (χ0n) is 17.9. The van der Waals surface area contributed by atoms with Crippen LogP contribution < -0.4 is 10.5 Å². The third kappa shape index (κ3) is 2.78. The predicted octanol–water partition coefficient (Wildman–Crippen LogP) is 1.46. The second-order valence-electron chi connectivity index (χ2n) is 8.93. The lowest BCUT2D eigenvalue weighted by molar-refractivity contribution is -0.210. The Hall–Kier alpha value is -3.60. The van der Waals surface area contributed by atoms with Gasteiger partial charge in [0.1, 0.15) is 23.3 Å². The lowest BCUT2D eigenvalue weighted by Crippen LogP contribution is -2.53. The summed E-state index contributed by atoms with van der Waals surface area (Å²) < 4.78 is 0.970. The number of para-hydroxylation sites is 2. The summed E-state index contributed by atoms with van der Waals surface area (Å²) in [6, 6.07) is 11.6. The van der Waals surface area contributed by atoms with Crippen LogP contribution in [0.15, 0.2) is 59.7 Å². The first-order chi connectivity index (χ1) is 15.6. The molecule has 1 saturated heterocycles. The van der Waals surface area contributed by atoms with Gasteiger partial charge >= 0.3 is 5.97 Å². The van der Waals surface area contributed by atoms with Gasteiger partial charge in [0.15, 0.2) is 0 Å². The maximum absolute atomic E-state index is 13.1. The molecule has 3 aromatic rings. The van der Waals surface area contributed by atoms with Crippen molar-refractivity contribution in [2.45, 2.75) is 43.6 Å². The second kappa shape index (κ2) is 6.95. The second-order valence-corrected chi connectivity index (χ2v) is 8.93. The number of carboxylic acid groups (broad SMARTS) is 1. The number of amides is 1. The van der Waals surface area contributed by atoms with Crippen molar-refractivity contribution in [2.24, 2.45) is 0 Å². The average Bonchev–Trinajstić information content (AvgIpc) is 3.15. The van der Waals surface area contributed by atoms with Crippen LogP contribution in [0.3, 0.4) is 0 Å². The first-order valence-corrected chi connectivity index (χ1v) is 10.4. The molecule has 0 aliphatic carbocycles. The molecule has 0 saturated carbocycles. The minimum Gasteiger partial charge on any atom is -0.480 e. The van der Waals surface area contributed by atoms with Crippen LogP contribution >= 0.6 is 0 Å². The summed E-state index contributed by atoms with van der Waals surface area (Å²) >= 11 is 0. The van der Waals surface area contributed by atoms with Gasteiger partial charge in [-0.3, -0.25) is 19.1 Å². The number of carbonyl (C=O) groups is 2. The number of aromatic nitrogens is 2. The molecule has 5 rings (SSSR count). The van der Waals surface area contributed by atoms with Gasteiger partial charge in [-0.2, -0.15) is 5.06 Å². The molecule has 0 radical (unpaired) electrons. The Morgan fingerprint density at radius 1 is 1.12 bits per heavy atom. The smallest absolute Gasteiger partial charge is 0.326 e. The Balaban J connectivity index is 1.66. The maximum atomic E-state index is 13.1. The zero-order valence-corrected chi connectivity index (χ0v) is 17.9. The number of benzene rings is 2. The van der Waals surface area contributed by atoms with E-state index >= 15 is 0 Å². The Morgan fingerprint density at radius 3 is 2.52 bits per heavy atom. The van der Waals surface area contributed by atoms with Crippen LogP contribution in [0, 0.1) is 0 Å². The van der Waals surface area contributed by atoms with Crippen LogP contribution in [0.5, 0.6) is 0 Å². The molecule has 3 unspecified atom stereocenters. The fraction of sp³-hybridized carbons (Fsp3) is 0.304. The van der Waals surface area contributed by atoms with Crippen molar-refractivity contribution in [1.29, 1.82) is 0 Å². The normalized spacial score (nSPS) is 24.7. The number of carboxylic acids is 1. The SMILES string of the molecule is CC1(C)C(=O)N2c3ccccc3C(O)(CC(C(=O)O)n3cnc4ccccc4c3=O)C2N1O. The first kappa shape index (κ1) is 21.3. The predicted molar refractivity (Wildman–Crippen MR) is 117 cm³/mol. The molecule has 3 N–H and O–H groups in total. The van der Waals surface area contributed by atoms with Crippen molar-refractivity contribution in [3.8, 4) is 0 Å². The van der Waals surface area contributed by atoms with E-state index in [1.54, 1.807) is 48.5 Å². The van der Waals surface area contributed by atoms with Crippen molar-refractivity contribution in [3.63, 3.8) is 0 Å². The molecular formula is C23H22N4O6. The number of hydrogen-bond acceptors (Lipinski definition) is 7. The number of hydroxylamine groups is 2. The van der Waals surface area contributed by atoms with Crippen molar-refractivity contribution in [2.75, 3.05) is 4.90 Å². The highest BCUT2D eigenvalue weighted by molar-refractivity contribution is 6.04. The molecule has 10 heteroatoms. The molecule has 33 heavy (non-hydrogen) atoms. The Morgan fingerprint density at radius 2 is 1.79 bits per heavy atom. The number of hydrogen-bond donors (Lipinski definition) is 3. The van der Waals surface area contributed by atoms with E-state index < -0.39 is 47.2 Å². The zero-order chi connectivity index (χ0) is 23.7. The van der Waals surface area contributed by atoms with Gasteiger partial charge in [0.05, 0.1) is 22.9 Å². The number of rotatable bonds is 4. The van der Waals surface area contributed by atoms with E-state index in [0.717, 1.165) is 16.0 Å². The van der Waals surface area contributed by atoms with Gasteiger partial charge in [0.2, 0.25) is 0 Å². The standard InChI is InChI=1S/C23H22N4O6/c1-22(2)21(31)26-16-10-6-4-8-14(16)23(32,20(26)27(22)33)11-17(19(29)30)25-12-24-15-9-5-3-7-13(15)18(25)28/h3-10,12,17,20,32-33H,11H2,1-2H3,(H,29,30). The van der Waals surface area contributed by atoms with Crippen molar-refractivity contribution < 1.29 is 25.0 Å². The first-order valence-electron chi connectivity index (χ1n) is 10.4. The molecule has 0 bridgehead atoms. The van der Waals surface area contributed by atoms with Crippen molar-refractivity contribution >= 4 is 28.5 Å². The summed E-state index contributed by atoms with van der Waals surface area (Å²) in [5, 5.41) is 33.9. The van der Waals surface area contributed by atoms with Crippen molar-refractivity contribution in [1.82, 2.24) is 14.6 Å². The highest BCUT2D eigenvalue weighted by Crippen LogP contribution is 2.53. The van der Waals surface area contributed by atoms with Gasteiger partial charge < -0.3 is 15.4 Å². The van der Waals surface area contributed by atoms with Gasteiger partial charge in [-0.05, 0) is 32.0 Å². The van der Waals surface area contributed by atoms with Gasteiger partial charge in [-0.25, -0.2) is 9.78 Å². The van der Waals surface area contributed by atoms with Crippen LogP contribution in [0.2, 0.25) is 0 Å². The highest BCUT2D eigenvalue weighted by Gasteiger charge is 2.65. The molecule has 10 nitrogen and oxygen atoms in total. The third-order valence-electron chi connectivity index (χ3n) is 6.66. The van der Waals surface area contributed by atoms with E-state index in [4.69, 9.17) is 0 Å². The number of nitrogens with zero attached hydrogens (tertiary/aromatic N) is 4. The third-order valence-corrected chi connectivity index (χ3v) is 6.66. The topological polar surface area (TPSA) is 136 Å². The number of aliphatic carboxylic acids is 1. The summed E-state index contributed by atoms with van der Waals surface area (Å²) in [4.78, 5) is 44.0. The van der Waals surface area contributed by atoms with E-state index in [9.17, 15) is 29.8 Å². The molecule has 1 aromatic heterocycles. The number of aliphatic hydroxyl groups is 1. The fourth-order valence-corrected chi connectivity index (χ4v) is 4.88. The monoisotopic (exact) mass is 450 g/mol. The minimum absolute atomic E-state index is 0.243. The molecule has 3 heterocycles. The number of anilines is 1. The highest BCUT2D eigenvalue weighted by atomic mass is 16.5. The van der Waals surface area contributed by atoms with Gasteiger partial charge in [0.25, 0.3) is 11.5 Å². The quantitative estimate of drug-likeness (QED) is 0.544. The largest absolute Gasteiger partial charge is 0.480 e. The maximum Gasteiger partial charge on any atom is 0.326 e. The number of carbonyl (C=O) groups excluding carboxylic acids is 1. The molecule has 3 atom stereocenters. The molecule has 2 aliphatic rings. The van der Waals surface area contributed by atoms with Gasteiger partial charge in [0, 0.05) is 12.0 Å². The molecule has 2 aliphatic heterocycles. The summed E-state index contributed by atoms with van der Waals surface area (Å²) in [5.74, 6) is -1.79. The summed E-state index contributed by atoms with van der Waals surface area (Å²) in [6.07, 6.45) is -0.601. The molecule has 1 amide bonds. The molecule has 0 spiro atoms. The van der Waals surface area contributed by atoms with E-state index in [0.29, 0.717) is 16.8 Å². The lowest BCUT2D eigenvalue weighted by Gasteiger charge is -2.37. The Kier molecular flexibility index (Phi) is 4.47. The van der Waals surface area contributed by atoms with E-state index in [2.05, 4.69) is 4.98 Å². The molecular weight excluding hydrogens is 428 g/mol. The fourth-order valence-electron chi connectivity index (χ4n) is 4.88. The van der Waals surface area contributed by atoms with Crippen LogP contribution in [0.25, 0.3) is 10.9 Å². The minimum atomic E-state index is -1.98. The van der Waals surface area contributed by atoms with Crippen LogP contribution in [-0.2, 0) is 15.2 Å². The van der Waals surface area contributed by atoms with Gasteiger partial charge in [-0.1, -0.05) is 30.3 Å². The van der Waals surface area contributed by atoms with Crippen LogP contribution in [-0.4, -0.2) is 53.6 Å².